The van der Waals surface area contributed by atoms with Gasteiger partial charge in [0.15, 0.2) is 0 Å². The van der Waals surface area contributed by atoms with Gasteiger partial charge in [-0.2, -0.15) is 0 Å². The quantitative estimate of drug-likeness (QED) is 0.888. The molecule has 2 aliphatic rings. The Morgan fingerprint density at radius 2 is 2.16 bits per heavy atom. The molecule has 1 aromatic carbocycles. The molecule has 1 fully saturated rings. The van der Waals surface area contributed by atoms with Crippen LogP contribution in [0, 0.1) is 5.92 Å². The van der Waals surface area contributed by atoms with Crippen LogP contribution >= 0.6 is 0 Å². The first-order valence-corrected chi connectivity index (χ1v) is 7.28. The number of rotatable bonds is 2. The summed E-state index contributed by atoms with van der Waals surface area (Å²) in [6, 6.07) is 6.41. The van der Waals surface area contributed by atoms with Crippen LogP contribution in [0.4, 0.5) is 0 Å². The molecule has 3 nitrogen and oxygen atoms in total. The van der Waals surface area contributed by atoms with Crippen molar-refractivity contribution in [1.82, 2.24) is 4.90 Å². The predicted octanol–water partition coefficient (Wildman–Crippen LogP) is 2.74. The number of benzene rings is 1. The van der Waals surface area contributed by atoms with Gasteiger partial charge in [0.1, 0.15) is 5.75 Å². The van der Waals surface area contributed by atoms with Gasteiger partial charge in [-0.15, -0.1) is 0 Å². The van der Waals surface area contributed by atoms with E-state index < -0.39 is 0 Å². The third-order valence-corrected chi connectivity index (χ3v) is 4.88. The van der Waals surface area contributed by atoms with E-state index >= 15 is 0 Å². The average Bonchev–Trinajstić information content (AvgIpc) is 2.85. The Bertz CT molecular complexity index is 460. The second kappa shape index (κ2) is 5.14. The lowest BCUT2D eigenvalue weighted by atomic mass is 9.93. The average molecular weight is 261 g/mol. The highest BCUT2D eigenvalue weighted by atomic mass is 16.5. The van der Waals surface area contributed by atoms with Crippen LogP contribution in [0.25, 0.3) is 0 Å². The van der Waals surface area contributed by atoms with Gasteiger partial charge in [0.05, 0.1) is 6.10 Å². The van der Waals surface area contributed by atoms with E-state index in [9.17, 15) is 5.11 Å². The molecule has 0 saturated carbocycles. The third-order valence-electron chi connectivity index (χ3n) is 4.88. The molecule has 0 amide bonds. The summed E-state index contributed by atoms with van der Waals surface area (Å²) in [5.41, 5.74) is 2.48. The molecule has 0 bridgehead atoms. The molecule has 1 heterocycles. The van der Waals surface area contributed by atoms with Crippen LogP contribution < -0.4 is 0 Å². The number of aromatic hydroxyl groups is 1. The van der Waals surface area contributed by atoms with Gasteiger partial charge in [0.25, 0.3) is 0 Å². The van der Waals surface area contributed by atoms with Crippen molar-refractivity contribution >= 4 is 0 Å². The molecule has 0 radical (unpaired) electrons. The standard InChI is InChI=1S/C16H23NO2/c1-11-8-9-17(10-16(11)19-2)14-7-6-13-12(14)4-3-5-15(13)18/h3-5,11,14,16,18H,6-10H2,1-2H3. The van der Waals surface area contributed by atoms with Gasteiger partial charge >= 0.3 is 0 Å². The molecule has 0 aromatic heterocycles. The van der Waals surface area contributed by atoms with Gasteiger partial charge in [0, 0.05) is 19.7 Å². The fourth-order valence-electron chi connectivity index (χ4n) is 3.64. The molecule has 19 heavy (non-hydrogen) atoms. The van der Waals surface area contributed by atoms with E-state index in [2.05, 4.69) is 17.9 Å². The highest BCUT2D eigenvalue weighted by Gasteiger charge is 2.34. The van der Waals surface area contributed by atoms with Crippen LogP contribution in [0.5, 0.6) is 5.75 Å². The fourth-order valence-corrected chi connectivity index (χ4v) is 3.64. The van der Waals surface area contributed by atoms with Crippen LogP contribution in [0.1, 0.15) is 36.9 Å². The van der Waals surface area contributed by atoms with Crippen LogP contribution in [-0.4, -0.2) is 36.3 Å². The summed E-state index contributed by atoms with van der Waals surface area (Å²) in [4.78, 5) is 2.54. The lowest BCUT2D eigenvalue weighted by Crippen LogP contribution is -2.45. The first-order chi connectivity index (χ1) is 9.20. The summed E-state index contributed by atoms with van der Waals surface area (Å²) < 4.78 is 5.61. The van der Waals surface area contributed by atoms with Gasteiger partial charge in [-0.25, -0.2) is 0 Å². The SMILES string of the molecule is COC1CN(C2CCc3c(O)cccc32)CCC1C. The largest absolute Gasteiger partial charge is 0.508 e. The number of nitrogens with zero attached hydrogens (tertiary/aromatic N) is 1. The summed E-state index contributed by atoms with van der Waals surface area (Å²) in [6.07, 6.45) is 3.66. The summed E-state index contributed by atoms with van der Waals surface area (Å²) in [7, 11) is 1.82. The number of phenols is 1. The van der Waals surface area contributed by atoms with Crippen molar-refractivity contribution in [3.05, 3.63) is 29.3 Å². The summed E-state index contributed by atoms with van der Waals surface area (Å²) in [6.45, 7) is 4.43. The number of hydrogen-bond donors (Lipinski definition) is 1. The van der Waals surface area contributed by atoms with Crippen molar-refractivity contribution in [1.29, 1.82) is 0 Å². The molecular weight excluding hydrogens is 238 g/mol. The smallest absolute Gasteiger partial charge is 0.119 e. The maximum absolute atomic E-state index is 9.94. The molecule has 3 unspecified atom stereocenters. The molecule has 1 aromatic rings. The molecular formula is C16H23NO2. The highest BCUT2D eigenvalue weighted by molar-refractivity contribution is 5.44. The number of ether oxygens (including phenoxy) is 1. The van der Waals surface area contributed by atoms with E-state index in [1.54, 1.807) is 6.07 Å². The maximum atomic E-state index is 9.94. The molecule has 1 aliphatic carbocycles. The minimum Gasteiger partial charge on any atom is -0.508 e. The Morgan fingerprint density at radius 3 is 2.95 bits per heavy atom. The molecule has 104 valence electrons. The zero-order valence-electron chi connectivity index (χ0n) is 11.8. The van der Waals surface area contributed by atoms with Gasteiger partial charge in [-0.1, -0.05) is 19.1 Å². The van der Waals surface area contributed by atoms with E-state index in [0.717, 1.165) is 31.5 Å². The monoisotopic (exact) mass is 261 g/mol. The zero-order valence-corrected chi connectivity index (χ0v) is 11.8. The van der Waals surface area contributed by atoms with E-state index in [1.165, 1.54) is 12.0 Å². The van der Waals surface area contributed by atoms with Gasteiger partial charge in [-0.05, 0) is 48.9 Å². The Kier molecular flexibility index (Phi) is 3.50. The second-order valence-electron chi connectivity index (χ2n) is 5.93. The Labute approximate surface area is 115 Å². The molecule has 3 heteroatoms. The Balaban J connectivity index is 1.80. The lowest BCUT2D eigenvalue weighted by Gasteiger charge is -2.39. The van der Waals surface area contributed by atoms with Crippen LogP contribution in [0.2, 0.25) is 0 Å². The summed E-state index contributed by atoms with van der Waals surface area (Å²) >= 11 is 0. The number of hydrogen-bond acceptors (Lipinski definition) is 3. The lowest BCUT2D eigenvalue weighted by molar-refractivity contribution is -0.0193. The minimum atomic E-state index is 0.343. The van der Waals surface area contributed by atoms with Gasteiger partial charge in [0.2, 0.25) is 0 Å². The summed E-state index contributed by atoms with van der Waals surface area (Å²) in [5.74, 6) is 1.11. The normalized spacial score (nSPS) is 31.4. The van der Waals surface area contributed by atoms with Gasteiger partial charge < -0.3 is 9.84 Å². The summed E-state index contributed by atoms with van der Waals surface area (Å²) in [5, 5.41) is 9.94. The minimum absolute atomic E-state index is 0.343. The Morgan fingerprint density at radius 1 is 1.32 bits per heavy atom. The number of methoxy groups -OCH3 is 1. The van der Waals surface area contributed by atoms with Crippen molar-refractivity contribution < 1.29 is 9.84 Å². The molecule has 1 saturated heterocycles. The highest BCUT2D eigenvalue weighted by Crippen LogP contribution is 2.41. The van der Waals surface area contributed by atoms with E-state index in [0.29, 0.717) is 23.8 Å². The molecule has 1 N–H and O–H groups in total. The first kappa shape index (κ1) is 12.9. The molecule has 0 spiro atoms. The van der Waals surface area contributed by atoms with Crippen molar-refractivity contribution in [2.75, 3.05) is 20.2 Å². The van der Waals surface area contributed by atoms with Crippen molar-refractivity contribution in [3.63, 3.8) is 0 Å². The van der Waals surface area contributed by atoms with E-state index in [1.807, 2.05) is 13.2 Å². The van der Waals surface area contributed by atoms with E-state index in [-0.39, 0.29) is 0 Å². The number of phenolic OH excluding ortho intramolecular Hbond substituents is 1. The molecule has 3 rings (SSSR count). The number of fused-ring (bicyclic) bond motifs is 1. The second-order valence-corrected chi connectivity index (χ2v) is 5.93. The fraction of sp³-hybridized carbons (Fsp3) is 0.625. The molecule has 3 atom stereocenters. The molecule has 1 aliphatic heterocycles. The van der Waals surface area contributed by atoms with Gasteiger partial charge in [-0.3, -0.25) is 4.90 Å². The topological polar surface area (TPSA) is 32.7 Å². The van der Waals surface area contributed by atoms with Crippen LogP contribution in [0.3, 0.4) is 0 Å². The zero-order chi connectivity index (χ0) is 13.4. The number of piperidine rings is 1. The first-order valence-electron chi connectivity index (χ1n) is 7.28. The van der Waals surface area contributed by atoms with Crippen molar-refractivity contribution in [3.8, 4) is 5.75 Å². The Hall–Kier alpha value is -1.06. The maximum Gasteiger partial charge on any atom is 0.119 e. The van der Waals surface area contributed by atoms with Crippen molar-refractivity contribution in [2.45, 2.75) is 38.3 Å². The predicted molar refractivity (Wildman–Crippen MR) is 75.3 cm³/mol. The number of likely N-dealkylation sites (tertiary alicyclic amines) is 1. The van der Waals surface area contributed by atoms with E-state index in [4.69, 9.17) is 4.74 Å². The van der Waals surface area contributed by atoms with Crippen LogP contribution in [-0.2, 0) is 11.2 Å². The third kappa shape index (κ3) is 2.26. The van der Waals surface area contributed by atoms with Crippen LogP contribution in [0.15, 0.2) is 18.2 Å². The van der Waals surface area contributed by atoms with Crippen molar-refractivity contribution in [2.24, 2.45) is 5.92 Å².